The summed E-state index contributed by atoms with van der Waals surface area (Å²) in [5, 5.41) is 16.2. The fourth-order valence-corrected chi connectivity index (χ4v) is 3.43. The summed E-state index contributed by atoms with van der Waals surface area (Å²) in [5.74, 6) is 1.99. The first-order valence-electron chi connectivity index (χ1n) is 8.97. The Morgan fingerprint density at radius 3 is 3.04 bits per heavy atom. The highest BCUT2D eigenvalue weighted by molar-refractivity contribution is 5.55. The summed E-state index contributed by atoms with van der Waals surface area (Å²) in [6.45, 7) is 1.73. The summed E-state index contributed by atoms with van der Waals surface area (Å²) in [4.78, 5) is 11.2. The molecule has 1 aliphatic heterocycles. The molecule has 27 heavy (non-hydrogen) atoms. The predicted molar refractivity (Wildman–Crippen MR) is 101 cm³/mol. The Hall–Kier alpha value is -3.24. The van der Waals surface area contributed by atoms with Gasteiger partial charge in [-0.05, 0) is 49.2 Å². The number of hydrogen-bond donors (Lipinski definition) is 1. The van der Waals surface area contributed by atoms with Gasteiger partial charge in [-0.2, -0.15) is 10.2 Å². The zero-order valence-electron chi connectivity index (χ0n) is 15.1. The molecular weight excluding hydrogens is 340 g/mol. The summed E-state index contributed by atoms with van der Waals surface area (Å²) in [7, 11) is 1.83. The number of nitrogens with one attached hydrogen (secondary N) is 1. The van der Waals surface area contributed by atoms with Crippen molar-refractivity contribution in [2.45, 2.75) is 25.4 Å². The normalized spacial score (nSPS) is 17.0. The van der Waals surface area contributed by atoms with Crippen molar-refractivity contribution in [2.24, 2.45) is 0 Å². The molecule has 1 unspecified atom stereocenters. The first kappa shape index (κ1) is 17.2. The summed E-state index contributed by atoms with van der Waals surface area (Å²) in [6.07, 6.45) is 3.80. The van der Waals surface area contributed by atoms with E-state index in [0.29, 0.717) is 17.3 Å². The van der Waals surface area contributed by atoms with Crippen molar-refractivity contribution in [3.63, 3.8) is 0 Å². The molecule has 0 radical (unpaired) electrons. The van der Waals surface area contributed by atoms with Gasteiger partial charge < -0.3 is 9.84 Å². The lowest BCUT2D eigenvalue weighted by molar-refractivity contribution is 0.201. The summed E-state index contributed by atoms with van der Waals surface area (Å²) in [6, 6.07) is 13.8. The summed E-state index contributed by atoms with van der Waals surface area (Å²) >= 11 is 0. The second-order valence-electron chi connectivity index (χ2n) is 6.58. The fraction of sp³-hybridized carbons (Fsp3) is 0.300. The van der Waals surface area contributed by atoms with Gasteiger partial charge >= 0.3 is 0 Å². The molecule has 7 nitrogen and oxygen atoms in total. The van der Waals surface area contributed by atoms with Crippen molar-refractivity contribution in [3.05, 3.63) is 59.6 Å². The largest absolute Gasteiger partial charge is 0.373 e. The Balaban J connectivity index is 1.52. The van der Waals surface area contributed by atoms with Crippen molar-refractivity contribution in [1.29, 1.82) is 5.26 Å². The molecule has 2 aromatic heterocycles. The molecule has 1 saturated heterocycles. The monoisotopic (exact) mass is 360 g/mol. The lowest BCUT2D eigenvalue weighted by atomic mass is 10.1. The van der Waals surface area contributed by atoms with Gasteiger partial charge in [-0.25, -0.2) is 4.98 Å². The first-order chi connectivity index (χ1) is 13.3. The van der Waals surface area contributed by atoms with Gasteiger partial charge in [0.05, 0.1) is 17.7 Å². The highest BCUT2D eigenvalue weighted by Gasteiger charge is 2.30. The maximum atomic E-state index is 9.09. The van der Waals surface area contributed by atoms with Crippen LogP contribution in [0.2, 0.25) is 0 Å². The second kappa shape index (κ2) is 7.56. The SMILES string of the molecule is CNc1ccc(-c2noc(C3CCCN3Cc3cccc(C#N)c3)n2)cn1. The quantitative estimate of drug-likeness (QED) is 0.746. The third-order valence-electron chi connectivity index (χ3n) is 4.81. The summed E-state index contributed by atoms with van der Waals surface area (Å²) < 4.78 is 5.57. The van der Waals surface area contributed by atoms with E-state index in [4.69, 9.17) is 9.78 Å². The van der Waals surface area contributed by atoms with E-state index < -0.39 is 0 Å². The molecule has 3 heterocycles. The zero-order valence-corrected chi connectivity index (χ0v) is 15.1. The van der Waals surface area contributed by atoms with Gasteiger partial charge in [-0.1, -0.05) is 17.3 Å². The molecular formula is C20H20N6O. The number of pyridine rings is 1. The van der Waals surface area contributed by atoms with Crippen molar-refractivity contribution >= 4 is 5.82 Å². The third-order valence-corrected chi connectivity index (χ3v) is 4.81. The smallest absolute Gasteiger partial charge is 0.244 e. The molecule has 1 fully saturated rings. The highest BCUT2D eigenvalue weighted by Crippen LogP contribution is 2.33. The van der Waals surface area contributed by atoms with Gasteiger partial charge in [-0.3, -0.25) is 4.90 Å². The Labute approximate surface area is 157 Å². The van der Waals surface area contributed by atoms with Crippen LogP contribution in [-0.2, 0) is 6.54 Å². The van der Waals surface area contributed by atoms with E-state index in [-0.39, 0.29) is 6.04 Å². The van der Waals surface area contributed by atoms with Crippen molar-refractivity contribution in [1.82, 2.24) is 20.0 Å². The number of anilines is 1. The number of aromatic nitrogens is 3. The number of nitrogens with zero attached hydrogens (tertiary/aromatic N) is 5. The lowest BCUT2D eigenvalue weighted by Gasteiger charge is -2.21. The van der Waals surface area contributed by atoms with Gasteiger partial charge in [0, 0.05) is 25.4 Å². The average molecular weight is 360 g/mol. The van der Waals surface area contributed by atoms with E-state index in [1.807, 2.05) is 43.4 Å². The maximum Gasteiger partial charge on any atom is 0.244 e. The van der Waals surface area contributed by atoms with Crippen molar-refractivity contribution < 1.29 is 4.52 Å². The van der Waals surface area contributed by atoms with E-state index in [9.17, 15) is 0 Å². The van der Waals surface area contributed by atoms with Crippen LogP contribution in [0.4, 0.5) is 5.82 Å². The predicted octanol–water partition coefficient (Wildman–Crippen LogP) is 3.38. The Morgan fingerprint density at radius 2 is 2.26 bits per heavy atom. The summed E-state index contributed by atoms with van der Waals surface area (Å²) in [5.41, 5.74) is 2.63. The average Bonchev–Trinajstić information content (AvgIpc) is 3.37. The van der Waals surface area contributed by atoms with E-state index in [0.717, 1.165) is 42.9 Å². The van der Waals surface area contributed by atoms with Crippen LogP contribution >= 0.6 is 0 Å². The number of hydrogen-bond acceptors (Lipinski definition) is 7. The molecule has 1 N–H and O–H groups in total. The molecule has 0 bridgehead atoms. The van der Waals surface area contributed by atoms with Crippen LogP contribution in [0.5, 0.6) is 0 Å². The van der Waals surface area contributed by atoms with Gasteiger partial charge in [0.1, 0.15) is 5.82 Å². The molecule has 4 rings (SSSR count). The van der Waals surface area contributed by atoms with Gasteiger partial charge in [0.2, 0.25) is 11.7 Å². The number of rotatable bonds is 5. The molecule has 1 atom stereocenters. The van der Waals surface area contributed by atoms with Crippen LogP contribution in [0.3, 0.4) is 0 Å². The molecule has 0 spiro atoms. The molecule has 136 valence electrons. The molecule has 0 saturated carbocycles. The van der Waals surface area contributed by atoms with Gasteiger partial charge in [0.25, 0.3) is 0 Å². The van der Waals surface area contributed by atoms with Crippen LogP contribution < -0.4 is 5.32 Å². The van der Waals surface area contributed by atoms with Gasteiger partial charge in [0.15, 0.2) is 0 Å². The lowest BCUT2D eigenvalue weighted by Crippen LogP contribution is -2.23. The molecule has 0 amide bonds. The Morgan fingerprint density at radius 1 is 1.33 bits per heavy atom. The van der Waals surface area contributed by atoms with E-state index in [2.05, 4.69) is 31.4 Å². The number of benzene rings is 1. The van der Waals surface area contributed by atoms with Crippen molar-refractivity contribution in [2.75, 3.05) is 18.9 Å². The third kappa shape index (κ3) is 3.66. The Kier molecular flexibility index (Phi) is 4.81. The molecule has 7 heteroatoms. The second-order valence-corrected chi connectivity index (χ2v) is 6.58. The first-order valence-corrected chi connectivity index (χ1v) is 8.97. The van der Waals surface area contributed by atoms with Crippen LogP contribution in [0.1, 0.15) is 35.9 Å². The molecule has 1 aromatic carbocycles. The van der Waals surface area contributed by atoms with E-state index in [1.165, 1.54) is 0 Å². The fourth-order valence-electron chi connectivity index (χ4n) is 3.43. The van der Waals surface area contributed by atoms with Gasteiger partial charge in [-0.15, -0.1) is 0 Å². The van der Waals surface area contributed by atoms with E-state index in [1.54, 1.807) is 6.20 Å². The van der Waals surface area contributed by atoms with Crippen LogP contribution in [-0.4, -0.2) is 33.6 Å². The Bertz CT molecular complexity index is 959. The van der Waals surface area contributed by atoms with Crippen LogP contribution in [0.25, 0.3) is 11.4 Å². The minimum absolute atomic E-state index is 0.0986. The topological polar surface area (TPSA) is 90.9 Å². The maximum absolute atomic E-state index is 9.09. The standard InChI is InChI=1S/C20H20N6O/c1-22-18-8-7-16(12-23-18)19-24-20(27-25-19)17-6-3-9-26(17)13-15-5-2-4-14(10-15)11-21/h2,4-5,7-8,10,12,17H,3,6,9,13H2,1H3,(H,22,23). The molecule has 1 aliphatic rings. The molecule has 0 aliphatic carbocycles. The van der Waals surface area contributed by atoms with Crippen LogP contribution in [0, 0.1) is 11.3 Å². The number of nitriles is 1. The van der Waals surface area contributed by atoms with E-state index >= 15 is 0 Å². The number of likely N-dealkylation sites (tertiary alicyclic amines) is 1. The zero-order chi connectivity index (χ0) is 18.6. The highest BCUT2D eigenvalue weighted by atomic mass is 16.5. The molecule has 3 aromatic rings. The van der Waals surface area contributed by atoms with Crippen LogP contribution in [0.15, 0.2) is 47.1 Å². The van der Waals surface area contributed by atoms with Crippen molar-refractivity contribution in [3.8, 4) is 17.5 Å². The minimum Gasteiger partial charge on any atom is -0.373 e. The minimum atomic E-state index is 0.0986.